The molecule has 2 nitrogen and oxygen atoms in total. The SMILES string of the molecule is Brc1ccc2c(c1)Oc1ccnc3cccc-2c13. The van der Waals surface area contributed by atoms with E-state index in [1.165, 1.54) is 5.56 Å². The van der Waals surface area contributed by atoms with Crippen molar-refractivity contribution in [3.8, 4) is 22.6 Å². The number of aromatic nitrogens is 1. The number of halogens is 1. The summed E-state index contributed by atoms with van der Waals surface area (Å²) >= 11 is 3.47. The van der Waals surface area contributed by atoms with Crippen molar-refractivity contribution in [3.05, 3.63) is 53.1 Å². The number of ether oxygens (including phenoxy) is 1. The van der Waals surface area contributed by atoms with Gasteiger partial charge in [0.2, 0.25) is 0 Å². The lowest BCUT2D eigenvalue weighted by Crippen LogP contribution is -1.97. The first-order chi connectivity index (χ1) is 8.83. The zero-order valence-corrected chi connectivity index (χ0v) is 10.9. The van der Waals surface area contributed by atoms with Crippen molar-refractivity contribution in [2.45, 2.75) is 0 Å². The highest BCUT2D eigenvalue weighted by molar-refractivity contribution is 9.10. The standard InChI is InChI=1S/C15H8BrNO/c16-9-4-5-10-11-2-1-3-12-15(11)13(6-7-17-12)18-14(10)8-9/h1-8H. The van der Waals surface area contributed by atoms with Crippen LogP contribution in [-0.2, 0) is 0 Å². The van der Waals surface area contributed by atoms with Gasteiger partial charge in [0.05, 0.1) is 10.9 Å². The number of rotatable bonds is 0. The van der Waals surface area contributed by atoms with Crippen LogP contribution in [0.2, 0.25) is 0 Å². The maximum Gasteiger partial charge on any atom is 0.139 e. The van der Waals surface area contributed by atoms with E-state index in [0.717, 1.165) is 32.4 Å². The number of hydrogen-bond donors (Lipinski definition) is 0. The van der Waals surface area contributed by atoms with E-state index in [1.54, 1.807) is 6.20 Å². The maximum atomic E-state index is 5.96. The Bertz CT molecular complexity index is 777. The molecule has 3 heteroatoms. The van der Waals surface area contributed by atoms with E-state index in [4.69, 9.17) is 4.74 Å². The maximum absolute atomic E-state index is 5.96. The molecule has 0 unspecified atom stereocenters. The van der Waals surface area contributed by atoms with Crippen LogP contribution < -0.4 is 4.74 Å². The third-order valence-corrected chi connectivity index (χ3v) is 3.68. The molecule has 0 bridgehead atoms. The van der Waals surface area contributed by atoms with Gasteiger partial charge in [-0.25, -0.2) is 0 Å². The largest absolute Gasteiger partial charge is 0.456 e. The van der Waals surface area contributed by atoms with Gasteiger partial charge in [0.1, 0.15) is 11.5 Å². The summed E-state index contributed by atoms with van der Waals surface area (Å²) in [5, 5.41) is 1.09. The van der Waals surface area contributed by atoms with Crippen molar-refractivity contribution < 1.29 is 4.74 Å². The highest BCUT2D eigenvalue weighted by Gasteiger charge is 2.19. The average Bonchev–Trinajstić information content (AvgIpc) is 2.39. The summed E-state index contributed by atoms with van der Waals surface area (Å²) in [6.45, 7) is 0. The molecule has 0 saturated heterocycles. The number of benzene rings is 2. The van der Waals surface area contributed by atoms with E-state index in [2.05, 4.69) is 33.0 Å². The Labute approximate surface area is 112 Å². The van der Waals surface area contributed by atoms with Crippen molar-refractivity contribution in [1.29, 1.82) is 0 Å². The van der Waals surface area contributed by atoms with E-state index < -0.39 is 0 Å². The summed E-state index contributed by atoms with van der Waals surface area (Å²) in [5.41, 5.74) is 3.27. The topological polar surface area (TPSA) is 22.1 Å². The molecule has 2 aromatic carbocycles. The van der Waals surface area contributed by atoms with Crippen LogP contribution in [0.25, 0.3) is 22.0 Å². The molecule has 0 amide bonds. The van der Waals surface area contributed by atoms with Crippen LogP contribution in [0.15, 0.2) is 53.1 Å². The first-order valence-corrected chi connectivity index (χ1v) is 6.48. The van der Waals surface area contributed by atoms with Gasteiger partial charge in [0.25, 0.3) is 0 Å². The molecule has 3 aromatic rings. The van der Waals surface area contributed by atoms with Gasteiger partial charge in [0, 0.05) is 16.2 Å². The van der Waals surface area contributed by atoms with Gasteiger partial charge in [-0.15, -0.1) is 0 Å². The monoisotopic (exact) mass is 297 g/mol. The molecule has 0 atom stereocenters. The molecule has 0 radical (unpaired) electrons. The second-order valence-corrected chi connectivity index (χ2v) is 5.17. The van der Waals surface area contributed by atoms with E-state index in [-0.39, 0.29) is 0 Å². The Morgan fingerprint density at radius 2 is 1.89 bits per heavy atom. The summed E-state index contributed by atoms with van der Waals surface area (Å²) in [5.74, 6) is 1.76. The van der Waals surface area contributed by atoms with Crippen LogP contribution in [-0.4, -0.2) is 4.98 Å². The van der Waals surface area contributed by atoms with E-state index in [9.17, 15) is 0 Å². The van der Waals surface area contributed by atoms with Crippen LogP contribution in [0.3, 0.4) is 0 Å². The second kappa shape index (κ2) is 3.56. The molecule has 0 aliphatic carbocycles. The zero-order chi connectivity index (χ0) is 12.1. The van der Waals surface area contributed by atoms with Gasteiger partial charge in [0.15, 0.2) is 0 Å². The smallest absolute Gasteiger partial charge is 0.139 e. The highest BCUT2D eigenvalue weighted by atomic mass is 79.9. The first-order valence-electron chi connectivity index (χ1n) is 5.68. The zero-order valence-electron chi connectivity index (χ0n) is 9.35. The summed E-state index contributed by atoms with van der Waals surface area (Å²) < 4.78 is 6.98. The lowest BCUT2D eigenvalue weighted by atomic mass is 9.97. The third kappa shape index (κ3) is 1.31. The van der Waals surface area contributed by atoms with Crippen molar-refractivity contribution in [2.75, 3.05) is 0 Å². The molecule has 1 aliphatic heterocycles. The molecule has 18 heavy (non-hydrogen) atoms. The molecule has 86 valence electrons. The molecular formula is C15H8BrNO. The van der Waals surface area contributed by atoms with E-state index in [1.807, 2.05) is 30.3 Å². The van der Waals surface area contributed by atoms with Gasteiger partial charge < -0.3 is 4.74 Å². The Balaban J connectivity index is 2.17. The molecule has 4 rings (SSSR count). The molecule has 0 saturated carbocycles. The predicted molar refractivity (Wildman–Crippen MR) is 75.0 cm³/mol. The Hall–Kier alpha value is -1.87. The van der Waals surface area contributed by atoms with Gasteiger partial charge >= 0.3 is 0 Å². The predicted octanol–water partition coefficient (Wildman–Crippen LogP) is 4.77. The van der Waals surface area contributed by atoms with Crippen LogP contribution in [0.5, 0.6) is 11.5 Å². The fraction of sp³-hybridized carbons (Fsp3) is 0. The molecule has 0 fully saturated rings. The highest BCUT2D eigenvalue weighted by Crippen LogP contribution is 2.46. The lowest BCUT2D eigenvalue weighted by Gasteiger charge is -2.20. The minimum atomic E-state index is 0.876. The Morgan fingerprint density at radius 1 is 0.944 bits per heavy atom. The van der Waals surface area contributed by atoms with Crippen LogP contribution in [0.1, 0.15) is 0 Å². The Kier molecular flexibility index (Phi) is 2.00. The first kappa shape index (κ1) is 10.1. The molecule has 1 aliphatic rings. The fourth-order valence-corrected chi connectivity index (χ4v) is 2.75. The van der Waals surface area contributed by atoms with E-state index >= 15 is 0 Å². The summed E-state index contributed by atoms with van der Waals surface area (Å²) in [4.78, 5) is 4.39. The number of nitrogens with zero attached hydrogens (tertiary/aromatic N) is 1. The quantitative estimate of drug-likeness (QED) is 0.466. The normalized spacial score (nSPS) is 12.1. The number of fused-ring (bicyclic) bond motifs is 2. The minimum absolute atomic E-state index is 0.876. The molecule has 0 N–H and O–H groups in total. The van der Waals surface area contributed by atoms with Crippen molar-refractivity contribution in [3.63, 3.8) is 0 Å². The molecule has 1 aromatic heterocycles. The lowest BCUT2D eigenvalue weighted by molar-refractivity contribution is 0.486. The van der Waals surface area contributed by atoms with Crippen molar-refractivity contribution >= 4 is 26.8 Å². The Morgan fingerprint density at radius 3 is 2.83 bits per heavy atom. The number of hydrogen-bond acceptors (Lipinski definition) is 2. The van der Waals surface area contributed by atoms with Gasteiger partial charge in [-0.05, 0) is 35.9 Å². The van der Waals surface area contributed by atoms with Crippen molar-refractivity contribution in [2.24, 2.45) is 0 Å². The number of pyridine rings is 1. The van der Waals surface area contributed by atoms with Crippen LogP contribution in [0, 0.1) is 0 Å². The van der Waals surface area contributed by atoms with E-state index in [0.29, 0.717) is 0 Å². The molecule has 2 heterocycles. The van der Waals surface area contributed by atoms with Gasteiger partial charge in [-0.2, -0.15) is 0 Å². The molecular weight excluding hydrogens is 290 g/mol. The summed E-state index contributed by atoms with van der Waals surface area (Å²) in [6, 6.07) is 14.2. The third-order valence-electron chi connectivity index (χ3n) is 3.18. The van der Waals surface area contributed by atoms with Crippen LogP contribution >= 0.6 is 15.9 Å². The summed E-state index contributed by atoms with van der Waals surface area (Å²) in [7, 11) is 0. The molecule has 0 spiro atoms. The van der Waals surface area contributed by atoms with Gasteiger partial charge in [-0.1, -0.05) is 28.1 Å². The van der Waals surface area contributed by atoms with Crippen molar-refractivity contribution in [1.82, 2.24) is 4.98 Å². The minimum Gasteiger partial charge on any atom is -0.456 e. The summed E-state index contributed by atoms with van der Waals surface area (Å²) in [6.07, 6.45) is 1.78. The fourth-order valence-electron chi connectivity index (χ4n) is 2.41. The average molecular weight is 298 g/mol. The van der Waals surface area contributed by atoms with Gasteiger partial charge in [-0.3, -0.25) is 4.98 Å². The second-order valence-electron chi connectivity index (χ2n) is 4.25. The van der Waals surface area contributed by atoms with Crippen LogP contribution in [0.4, 0.5) is 0 Å².